The second-order valence-electron chi connectivity index (χ2n) is 5.23. The van der Waals surface area contributed by atoms with Gasteiger partial charge in [0.2, 0.25) is 0 Å². The summed E-state index contributed by atoms with van der Waals surface area (Å²) >= 11 is 0. The molecule has 1 aliphatic carbocycles. The van der Waals surface area contributed by atoms with Gasteiger partial charge < -0.3 is 4.79 Å². The van der Waals surface area contributed by atoms with Crippen LogP contribution in [0.15, 0.2) is 30.3 Å². The number of rotatable bonds is 3. The first-order valence-electron chi connectivity index (χ1n) is 6.72. The number of carbonyl (C=O) groups is 1. The van der Waals surface area contributed by atoms with Crippen molar-refractivity contribution in [2.45, 2.75) is 31.3 Å². The number of nitriles is 1. The molecule has 3 rings (SSSR count). The minimum Gasteiger partial charge on any atom is -0.303 e. The minimum atomic E-state index is -1.51. The third kappa shape index (κ3) is 2.22. The van der Waals surface area contributed by atoms with E-state index in [9.17, 15) is 10.1 Å². The zero-order valence-corrected chi connectivity index (χ0v) is 10.9. The summed E-state index contributed by atoms with van der Waals surface area (Å²) in [6, 6.07) is 11.0. The number of ether oxygens (including phenoxy) is 1. The highest BCUT2D eigenvalue weighted by molar-refractivity contribution is 5.53. The summed E-state index contributed by atoms with van der Waals surface area (Å²) in [5.41, 5.74) is 0.606. The molecule has 2 aliphatic rings. The fraction of sp³-hybridized carbons (Fsp3) is 0.467. The molecule has 4 atom stereocenters. The Morgan fingerprint density at radius 3 is 2.75 bits per heavy atom. The van der Waals surface area contributed by atoms with Crippen molar-refractivity contribution in [2.75, 3.05) is 0 Å². The van der Waals surface area contributed by atoms with Crippen LogP contribution in [0.2, 0.25) is 0 Å². The van der Waals surface area contributed by atoms with Gasteiger partial charge in [-0.15, -0.1) is 0 Å². The molecule has 0 amide bonds. The Bertz CT molecular complexity index is 526. The van der Waals surface area contributed by atoms with Gasteiger partial charge in [-0.1, -0.05) is 30.3 Å². The molecule has 0 N–H and O–H groups in total. The summed E-state index contributed by atoms with van der Waals surface area (Å²) in [6.07, 6.45) is 2.77. The van der Waals surface area contributed by atoms with Crippen LogP contribution in [0.1, 0.15) is 24.8 Å². The van der Waals surface area contributed by atoms with Crippen molar-refractivity contribution in [2.24, 2.45) is 11.8 Å². The van der Waals surface area contributed by atoms with Crippen molar-refractivity contribution in [1.82, 2.24) is 0 Å². The average molecular weight is 273 g/mol. The van der Waals surface area contributed by atoms with Crippen molar-refractivity contribution in [1.29, 1.82) is 5.26 Å². The minimum absolute atomic E-state index is 0.0565. The Morgan fingerprint density at radius 2 is 2.10 bits per heavy atom. The van der Waals surface area contributed by atoms with Crippen LogP contribution >= 0.6 is 0 Å². The van der Waals surface area contributed by atoms with Crippen molar-refractivity contribution >= 4 is 6.29 Å². The van der Waals surface area contributed by atoms with Gasteiger partial charge in [-0.2, -0.15) is 15.0 Å². The highest BCUT2D eigenvalue weighted by atomic mass is 17.3. The SMILES string of the molecule is N#CC1(c2ccccc2)OOC(C2CCC(C=O)C2)O1. The topological polar surface area (TPSA) is 68.5 Å². The molecular weight excluding hydrogens is 258 g/mol. The second-order valence-corrected chi connectivity index (χ2v) is 5.23. The smallest absolute Gasteiger partial charge is 0.303 e. The maximum Gasteiger partial charge on any atom is 0.318 e. The molecule has 2 fully saturated rings. The summed E-state index contributed by atoms with van der Waals surface area (Å²) in [5.74, 6) is -1.37. The number of hydrogen-bond acceptors (Lipinski definition) is 5. The molecular formula is C15H15NO4. The molecule has 1 aliphatic heterocycles. The molecule has 0 bridgehead atoms. The van der Waals surface area contributed by atoms with Crippen molar-refractivity contribution in [3.8, 4) is 6.07 Å². The molecule has 1 aromatic rings. The van der Waals surface area contributed by atoms with E-state index in [2.05, 4.69) is 0 Å². The number of aldehydes is 1. The van der Waals surface area contributed by atoms with E-state index in [0.717, 1.165) is 19.1 Å². The van der Waals surface area contributed by atoms with Crippen LogP contribution in [0.4, 0.5) is 0 Å². The number of benzene rings is 1. The Hall–Kier alpha value is -1.74. The summed E-state index contributed by atoms with van der Waals surface area (Å²) in [7, 11) is 0. The molecule has 0 aromatic heterocycles. The van der Waals surface area contributed by atoms with Gasteiger partial charge in [0.05, 0.1) is 0 Å². The van der Waals surface area contributed by atoms with E-state index in [0.29, 0.717) is 12.0 Å². The Balaban J connectivity index is 1.75. The predicted molar refractivity (Wildman–Crippen MR) is 67.7 cm³/mol. The summed E-state index contributed by atoms with van der Waals surface area (Å²) < 4.78 is 5.74. The zero-order valence-electron chi connectivity index (χ0n) is 10.9. The quantitative estimate of drug-likeness (QED) is 0.624. The fourth-order valence-corrected chi connectivity index (χ4v) is 2.80. The van der Waals surface area contributed by atoms with Gasteiger partial charge in [-0.05, 0) is 19.3 Å². The molecule has 20 heavy (non-hydrogen) atoms. The van der Waals surface area contributed by atoms with Gasteiger partial charge in [0.25, 0.3) is 0 Å². The molecule has 104 valence electrons. The van der Waals surface area contributed by atoms with Crippen molar-refractivity contribution < 1.29 is 19.3 Å². The molecule has 4 unspecified atom stereocenters. The molecule has 1 heterocycles. The third-order valence-corrected chi connectivity index (χ3v) is 3.93. The largest absolute Gasteiger partial charge is 0.318 e. The Labute approximate surface area is 117 Å². The highest BCUT2D eigenvalue weighted by Crippen LogP contribution is 2.42. The van der Waals surface area contributed by atoms with Crippen LogP contribution in [-0.2, 0) is 25.1 Å². The van der Waals surface area contributed by atoms with Crippen LogP contribution < -0.4 is 0 Å². The van der Waals surface area contributed by atoms with Gasteiger partial charge in [-0.25, -0.2) is 0 Å². The first-order valence-corrected chi connectivity index (χ1v) is 6.72. The van der Waals surface area contributed by atoms with Crippen LogP contribution in [0, 0.1) is 23.2 Å². The van der Waals surface area contributed by atoms with Gasteiger partial charge in [-0.3, -0.25) is 4.74 Å². The number of nitrogens with zero attached hydrogens (tertiary/aromatic N) is 1. The lowest BCUT2D eigenvalue weighted by Gasteiger charge is -2.19. The Kier molecular flexibility index (Phi) is 3.53. The van der Waals surface area contributed by atoms with E-state index in [1.807, 2.05) is 24.3 Å². The highest BCUT2D eigenvalue weighted by Gasteiger charge is 2.49. The van der Waals surface area contributed by atoms with Crippen LogP contribution in [0.25, 0.3) is 0 Å². The summed E-state index contributed by atoms with van der Waals surface area (Å²) in [4.78, 5) is 21.2. The Morgan fingerprint density at radius 1 is 1.30 bits per heavy atom. The lowest BCUT2D eigenvalue weighted by Crippen LogP contribution is -2.28. The van der Waals surface area contributed by atoms with Gasteiger partial charge >= 0.3 is 5.79 Å². The van der Waals surface area contributed by atoms with Crippen molar-refractivity contribution in [3.63, 3.8) is 0 Å². The molecule has 0 radical (unpaired) electrons. The normalized spacial score (nSPS) is 36.6. The van der Waals surface area contributed by atoms with E-state index >= 15 is 0 Å². The standard InChI is InChI=1S/C15H15NO4/c16-10-15(13-4-2-1-3-5-13)18-14(19-20-15)12-7-6-11(8-12)9-17/h1-5,9,11-12,14H,6-8H2. The van der Waals surface area contributed by atoms with Crippen molar-refractivity contribution in [3.05, 3.63) is 35.9 Å². The molecule has 1 aromatic carbocycles. The monoisotopic (exact) mass is 273 g/mol. The van der Waals surface area contributed by atoms with E-state index in [-0.39, 0.29) is 11.8 Å². The molecule has 1 saturated carbocycles. The van der Waals surface area contributed by atoms with Gasteiger partial charge in [0.1, 0.15) is 12.4 Å². The zero-order chi connectivity index (χ0) is 14.0. The fourth-order valence-electron chi connectivity index (χ4n) is 2.80. The van der Waals surface area contributed by atoms with Gasteiger partial charge in [0, 0.05) is 17.4 Å². The van der Waals surface area contributed by atoms with Gasteiger partial charge in [0.15, 0.2) is 6.29 Å². The molecule has 0 spiro atoms. The number of carbonyl (C=O) groups excluding carboxylic acids is 1. The van der Waals surface area contributed by atoms with E-state index in [1.54, 1.807) is 12.1 Å². The maximum atomic E-state index is 10.8. The first kappa shape index (κ1) is 13.3. The van der Waals surface area contributed by atoms with Crippen LogP contribution in [0.5, 0.6) is 0 Å². The summed E-state index contributed by atoms with van der Waals surface area (Å²) in [6.45, 7) is 0. The van der Waals surface area contributed by atoms with Crippen LogP contribution in [-0.4, -0.2) is 12.6 Å². The summed E-state index contributed by atoms with van der Waals surface area (Å²) in [5, 5.41) is 9.39. The second kappa shape index (κ2) is 5.33. The molecule has 5 nitrogen and oxygen atoms in total. The van der Waals surface area contributed by atoms with E-state index < -0.39 is 12.1 Å². The van der Waals surface area contributed by atoms with E-state index in [4.69, 9.17) is 14.5 Å². The number of hydrogen-bond donors (Lipinski definition) is 0. The predicted octanol–water partition coefficient (Wildman–Crippen LogP) is 2.28. The average Bonchev–Trinajstić information content (AvgIpc) is 3.15. The first-order chi connectivity index (χ1) is 9.77. The third-order valence-electron chi connectivity index (χ3n) is 3.93. The lowest BCUT2D eigenvalue weighted by molar-refractivity contribution is -0.324. The molecule has 5 heteroatoms. The molecule has 1 saturated heterocycles. The van der Waals surface area contributed by atoms with Crippen LogP contribution in [0.3, 0.4) is 0 Å². The lowest BCUT2D eigenvalue weighted by atomic mass is 10.0. The van der Waals surface area contributed by atoms with E-state index in [1.165, 1.54) is 0 Å². The maximum absolute atomic E-state index is 10.8.